The van der Waals surface area contributed by atoms with E-state index < -0.39 is 0 Å². The van der Waals surface area contributed by atoms with Gasteiger partial charge in [-0.25, -0.2) is 0 Å². The van der Waals surface area contributed by atoms with Gasteiger partial charge >= 0.3 is 0 Å². The van der Waals surface area contributed by atoms with Gasteiger partial charge in [0.2, 0.25) is 0 Å². The fraction of sp³-hybridized carbons (Fsp3) is 0.375. The molecular weight excluding hydrogens is 248 g/mol. The van der Waals surface area contributed by atoms with Gasteiger partial charge in [0.25, 0.3) is 0 Å². The lowest BCUT2D eigenvalue weighted by atomic mass is 10.2. The van der Waals surface area contributed by atoms with Gasteiger partial charge in [-0.2, -0.15) is 0 Å². The number of aromatic nitrogens is 2. The number of pyridine rings is 2. The van der Waals surface area contributed by atoms with Crippen LogP contribution >= 0.6 is 0 Å². The lowest BCUT2D eigenvalue weighted by Crippen LogP contribution is -2.22. The Kier molecular flexibility index (Phi) is 5.65. The Morgan fingerprint density at radius 3 is 2.60 bits per heavy atom. The van der Waals surface area contributed by atoms with E-state index in [1.54, 1.807) is 0 Å². The van der Waals surface area contributed by atoms with Crippen molar-refractivity contribution in [3.63, 3.8) is 0 Å². The van der Waals surface area contributed by atoms with E-state index in [0.29, 0.717) is 0 Å². The standard InChI is InChI=1S/C16H22N4/c1-17-12-15-7-5-8-16(19-15)13-20(2)11-9-14-6-3-4-10-18-14/h3-8,10,17H,9,11-13H2,1-2H3. The van der Waals surface area contributed by atoms with Crippen LogP contribution in [0.5, 0.6) is 0 Å². The molecule has 20 heavy (non-hydrogen) atoms. The van der Waals surface area contributed by atoms with Crippen LogP contribution in [-0.4, -0.2) is 35.5 Å². The predicted octanol–water partition coefficient (Wildman–Crippen LogP) is 1.87. The Balaban J connectivity index is 1.84. The molecule has 0 saturated heterocycles. The summed E-state index contributed by atoms with van der Waals surface area (Å²) in [6.45, 7) is 2.66. The predicted molar refractivity (Wildman–Crippen MR) is 81.3 cm³/mol. The van der Waals surface area contributed by atoms with E-state index in [1.165, 1.54) is 0 Å². The van der Waals surface area contributed by atoms with Gasteiger partial charge in [-0.3, -0.25) is 9.97 Å². The van der Waals surface area contributed by atoms with Gasteiger partial charge in [0, 0.05) is 37.9 Å². The van der Waals surface area contributed by atoms with Crippen molar-refractivity contribution in [3.8, 4) is 0 Å². The molecule has 0 aromatic carbocycles. The van der Waals surface area contributed by atoms with Crippen molar-refractivity contribution in [1.82, 2.24) is 20.2 Å². The maximum Gasteiger partial charge on any atom is 0.0547 e. The lowest BCUT2D eigenvalue weighted by Gasteiger charge is -2.16. The van der Waals surface area contributed by atoms with Gasteiger partial charge in [0.05, 0.1) is 11.4 Å². The van der Waals surface area contributed by atoms with Gasteiger partial charge < -0.3 is 10.2 Å². The summed E-state index contributed by atoms with van der Waals surface area (Å²) in [5, 5.41) is 3.13. The Labute approximate surface area is 120 Å². The minimum atomic E-state index is 0.811. The molecule has 106 valence electrons. The van der Waals surface area contributed by atoms with Crippen LogP contribution in [0.25, 0.3) is 0 Å². The molecular formula is C16H22N4. The van der Waals surface area contributed by atoms with Crippen LogP contribution in [0.2, 0.25) is 0 Å². The summed E-state index contributed by atoms with van der Waals surface area (Å²) in [5.74, 6) is 0. The third kappa shape index (κ3) is 4.72. The smallest absolute Gasteiger partial charge is 0.0547 e. The van der Waals surface area contributed by atoms with Crippen LogP contribution in [0.1, 0.15) is 17.1 Å². The fourth-order valence-electron chi connectivity index (χ4n) is 2.10. The SMILES string of the molecule is CNCc1cccc(CN(C)CCc2ccccn2)n1. The van der Waals surface area contributed by atoms with Crippen molar-refractivity contribution in [2.75, 3.05) is 20.6 Å². The van der Waals surface area contributed by atoms with Gasteiger partial charge in [0.1, 0.15) is 0 Å². The maximum atomic E-state index is 4.64. The van der Waals surface area contributed by atoms with E-state index >= 15 is 0 Å². The molecule has 4 nitrogen and oxygen atoms in total. The molecule has 2 aromatic rings. The quantitative estimate of drug-likeness (QED) is 0.834. The van der Waals surface area contributed by atoms with Crippen molar-refractivity contribution in [3.05, 3.63) is 59.7 Å². The van der Waals surface area contributed by atoms with Crippen molar-refractivity contribution >= 4 is 0 Å². The maximum absolute atomic E-state index is 4.64. The molecule has 4 heteroatoms. The summed E-state index contributed by atoms with van der Waals surface area (Å²) >= 11 is 0. The molecule has 0 spiro atoms. The molecule has 0 bridgehead atoms. The average molecular weight is 270 g/mol. The Morgan fingerprint density at radius 2 is 1.85 bits per heavy atom. The van der Waals surface area contributed by atoms with Crippen LogP contribution in [0, 0.1) is 0 Å². The van der Waals surface area contributed by atoms with Crippen molar-refractivity contribution in [2.24, 2.45) is 0 Å². The molecule has 0 saturated carbocycles. The van der Waals surface area contributed by atoms with E-state index in [9.17, 15) is 0 Å². The van der Waals surface area contributed by atoms with E-state index in [0.717, 1.165) is 43.1 Å². The third-order valence-corrected chi connectivity index (χ3v) is 3.13. The van der Waals surface area contributed by atoms with Gasteiger partial charge in [-0.15, -0.1) is 0 Å². The van der Waals surface area contributed by atoms with Crippen LogP contribution in [0.15, 0.2) is 42.6 Å². The Hall–Kier alpha value is -1.78. The van der Waals surface area contributed by atoms with E-state index in [2.05, 4.69) is 45.4 Å². The topological polar surface area (TPSA) is 41.0 Å². The normalized spacial score (nSPS) is 10.9. The molecule has 2 heterocycles. The van der Waals surface area contributed by atoms with Crippen LogP contribution in [0.3, 0.4) is 0 Å². The zero-order valence-electron chi connectivity index (χ0n) is 12.2. The van der Waals surface area contributed by atoms with Crippen molar-refractivity contribution in [2.45, 2.75) is 19.5 Å². The minimum Gasteiger partial charge on any atom is -0.314 e. The highest BCUT2D eigenvalue weighted by molar-refractivity contribution is 5.11. The summed E-state index contributed by atoms with van der Waals surface area (Å²) in [5.41, 5.74) is 3.33. The molecule has 0 aliphatic heterocycles. The van der Waals surface area contributed by atoms with E-state index in [4.69, 9.17) is 0 Å². The number of nitrogens with one attached hydrogen (secondary N) is 1. The molecule has 0 unspecified atom stereocenters. The number of nitrogens with zero attached hydrogens (tertiary/aromatic N) is 3. The second-order valence-electron chi connectivity index (χ2n) is 4.96. The average Bonchev–Trinajstić information content (AvgIpc) is 2.47. The monoisotopic (exact) mass is 270 g/mol. The van der Waals surface area contributed by atoms with Crippen molar-refractivity contribution < 1.29 is 0 Å². The highest BCUT2D eigenvalue weighted by Gasteiger charge is 2.03. The first kappa shape index (κ1) is 14.6. The molecule has 0 radical (unpaired) electrons. The molecule has 0 aliphatic rings. The molecule has 1 N–H and O–H groups in total. The first-order chi connectivity index (χ1) is 9.78. The fourth-order valence-corrected chi connectivity index (χ4v) is 2.10. The first-order valence-corrected chi connectivity index (χ1v) is 6.96. The number of hydrogen-bond donors (Lipinski definition) is 1. The largest absolute Gasteiger partial charge is 0.314 e. The summed E-state index contributed by atoms with van der Waals surface area (Å²) < 4.78 is 0. The minimum absolute atomic E-state index is 0.811. The highest BCUT2D eigenvalue weighted by atomic mass is 15.1. The van der Waals surface area contributed by atoms with E-state index in [1.807, 2.05) is 31.4 Å². The molecule has 0 fully saturated rings. The number of hydrogen-bond acceptors (Lipinski definition) is 4. The lowest BCUT2D eigenvalue weighted by molar-refractivity contribution is 0.325. The van der Waals surface area contributed by atoms with Gasteiger partial charge in [0.15, 0.2) is 0 Å². The van der Waals surface area contributed by atoms with Gasteiger partial charge in [-0.1, -0.05) is 12.1 Å². The molecule has 2 rings (SSSR count). The first-order valence-electron chi connectivity index (χ1n) is 6.96. The van der Waals surface area contributed by atoms with Gasteiger partial charge in [-0.05, 0) is 38.4 Å². The number of likely N-dealkylation sites (N-methyl/N-ethyl adjacent to an activating group) is 1. The summed E-state index contributed by atoms with van der Waals surface area (Å²) in [7, 11) is 4.06. The van der Waals surface area contributed by atoms with Crippen LogP contribution in [-0.2, 0) is 19.5 Å². The van der Waals surface area contributed by atoms with E-state index in [-0.39, 0.29) is 0 Å². The van der Waals surface area contributed by atoms with Crippen LogP contribution in [0.4, 0.5) is 0 Å². The Bertz CT molecular complexity index is 513. The Morgan fingerprint density at radius 1 is 1.05 bits per heavy atom. The molecule has 2 aromatic heterocycles. The zero-order valence-corrected chi connectivity index (χ0v) is 12.2. The summed E-state index contributed by atoms with van der Waals surface area (Å²) in [6, 6.07) is 12.3. The van der Waals surface area contributed by atoms with Crippen molar-refractivity contribution in [1.29, 1.82) is 0 Å². The summed E-state index contributed by atoms with van der Waals surface area (Å²) in [6.07, 6.45) is 2.81. The third-order valence-electron chi connectivity index (χ3n) is 3.13. The zero-order chi connectivity index (χ0) is 14.2. The highest BCUT2D eigenvalue weighted by Crippen LogP contribution is 2.04. The van der Waals surface area contributed by atoms with Crippen LogP contribution < -0.4 is 5.32 Å². The summed E-state index contributed by atoms with van der Waals surface area (Å²) in [4.78, 5) is 11.3. The molecule has 0 amide bonds. The molecule has 0 aliphatic carbocycles. The number of rotatable bonds is 7. The molecule has 0 atom stereocenters. The second kappa shape index (κ2) is 7.72. The second-order valence-corrected chi connectivity index (χ2v) is 4.96.